The predicted octanol–water partition coefficient (Wildman–Crippen LogP) is 3.87. The summed E-state index contributed by atoms with van der Waals surface area (Å²) >= 11 is 4.93. The molecule has 1 amide bonds. The van der Waals surface area contributed by atoms with E-state index in [0.717, 1.165) is 22.4 Å². The number of rotatable bonds is 7. The molecule has 3 heterocycles. The lowest BCUT2D eigenvalue weighted by Crippen LogP contribution is -2.48. The van der Waals surface area contributed by atoms with Crippen LogP contribution < -0.4 is 0 Å². The van der Waals surface area contributed by atoms with Gasteiger partial charge >= 0.3 is 0 Å². The highest BCUT2D eigenvalue weighted by Crippen LogP contribution is 2.22. The van der Waals surface area contributed by atoms with Crippen LogP contribution in [-0.2, 0) is 11.3 Å². The maximum Gasteiger partial charge on any atom is 0.241 e. The Bertz CT molecular complexity index is 996. The van der Waals surface area contributed by atoms with Gasteiger partial charge in [-0.25, -0.2) is 0 Å². The number of nitrogens with zero attached hydrogens (tertiary/aromatic N) is 4. The fourth-order valence-corrected chi connectivity index (χ4v) is 4.24. The highest BCUT2D eigenvalue weighted by molar-refractivity contribution is 9.10. The van der Waals surface area contributed by atoms with Gasteiger partial charge in [0.05, 0.1) is 11.4 Å². The molecule has 0 unspecified atom stereocenters. The van der Waals surface area contributed by atoms with E-state index in [9.17, 15) is 9.59 Å². The quantitative estimate of drug-likeness (QED) is 0.469. The minimum Gasteiger partial charge on any atom is -0.340 e. The van der Waals surface area contributed by atoms with Crippen LogP contribution in [0.5, 0.6) is 0 Å². The van der Waals surface area contributed by atoms with Crippen molar-refractivity contribution in [3.8, 4) is 10.7 Å². The summed E-state index contributed by atoms with van der Waals surface area (Å²) in [6, 6.07) is 11.1. The molecule has 9 heteroatoms. The average Bonchev–Trinajstić information content (AvgIpc) is 3.45. The van der Waals surface area contributed by atoms with Crippen LogP contribution in [0.15, 0.2) is 50.8 Å². The fourth-order valence-electron chi connectivity index (χ4n) is 3.33. The van der Waals surface area contributed by atoms with E-state index >= 15 is 0 Å². The Morgan fingerprint density at radius 1 is 1.07 bits per heavy atom. The summed E-state index contributed by atoms with van der Waals surface area (Å²) < 4.78 is 6.29. The van der Waals surface area contributed by atoms with Crippen LogP contribution in [0.1, 0.15) is 29.1 Å². The maximum absolute atomic E-state index is 12.5. The van der Waals surface area contributed by atoms with Crippen molar-refractivity contribution in [2.45, 2.75) is 19.4 Å². The molecule has 0 N–H and O–H groups in total. The third-order valence-electron chi connectivity index (χ3n) is 5.03. The standard InChI is InChI=1S/C21H21BrN4O3S/c22-16-5-3-15(4-6-16)17(27)7-8-20(28)26-11-9-25(10-12-26)14-19-23-21(24-29-19)18-2-1-13-30-18/h1-6,13H,7-12,14H2. The molecule has 156 valence electrons. The molecular weight excluding hydrogens is 468 g/mol. The Hall–Kier alpha value is -2.36. The molecule has 1 aromatic carbocycles. The summed E-state index contributed by atoms with van der Waals surface area (Å²) in [6.45, 7) is 3.32. The van der Waals surface area contributed by atoms with Crippen molar-refractivity contribution >= 4 is 39.0 Å². The maximum atomic E-state index is 12.5. The highest BCUT2D eigenvalue weighted by atomic mass is 79.9. The molecule has 0 atom stereocenters. The van der Waals surface area contributed by atoms with Crippen LogP contribution in [0, 0.1) is 0 Å². The number of benzene rings is 1. The van der Waals surface area contributed by atoms with E-state index in [1.165, 1.54) is 0 Å². The fraction of sp³-hybridized carbons (Fsp3) is 0.333. The zero-order chi connectivity index (χ0) is 20.9. The van der Waals surface area contributed by atoms with E-state index in [1.807, 2.05) is 34.5 Å². The molecule has 0 spiro atoms. The third kappa shape index (κ3) is 5.21. The van der Waals surface area contributed by atoms with Crippen molar-refractivity contribution in [3.63, 3.8) is 0 Å². The molecule has 1 saturated heterocycles. The zero-order valence-corrected chi connectivity index (χ0v) is 18.7. The number of piperazine rings is 1. The van der Waals surface area contributed by atoms with Crippen molar-refractivity contribution in [1.82, 2.24) is 19.9 Å². The lowest BCUT2D eigenvalue weighted by Gasteiger charge is -2.34. The number of carbonyl (C=O) groups is 2. The SMILES string of the molecule is O=C(CCC(=O)N1CCN(Cc2nc(-c3cccs3)no2)CC1)c1ccc(Br)cc1. The lowest BCUT2D eigenvalue weighted by molar-refractivity contribution is -0.133. The molecule has 1 aliphatic heterocycles. The molecule has 3 aromatic rings. The van der Waals surface area contributed by atoms with Gasteiger partial charge in [-0.15, -0.1) is 11.3 Å². The van der Waals surface area contributed by atoms with Gasteiger partial charge in [0, 0.05) is 49.1 Å². The monoisotopic (exact) mass is 488 g/mol. The number of thiophene rings is 1. The van der Waals surface area contributed by atoms with Crippen LogP contribution in [0.25, 0.3) is 10.7 Å². The van der Waals surface area contributed by atoms with Crippen molar-refractivity contribution in [3.05, 3.63) is 57.7 Å². The Kier molecular flexibility index (Phi) is 6.71. The van der Waals surface area contributed by atoms with E-state index in [0.29, 0.717) is 36.9 Å². The molecule has 2 aromatic heterocycles. The highest BCUT2D eigenvalue weighted by Gasteiger charge is 2.23. The molecule has 30 heavy (non-hydrogen) atoms. The Morgan fingerprint density at radius 3 is 2.53 bits per heavy atom. The minimum absolute atomic E-state index is 0.00701. The first-order valence-corrected chi connectivity index (χ1v) is 11.4. The zero-order valence-electron chi connectivity index (χ0n) is 16.3. The summed E-state index contributed by atoms with van der Waals surface area (Å²) in [5.74, 6) is 1.22. The first-order chi connectivity index (χ1) is 14.6. The third-order valence-corrected chi connectivity index (χ3v) is 6.42. The Balaban J connectivity index is 1.21. The van der Waals surface area contributed by atoms with Gasteiger partial charge < -0.3 is 9.42 Å². The Labute approximate surface area is 186 Å². The summed E-state index contributed by atoms with van der Waals surface area (Å²) in [5.41, 5.74) is 0.636. The first-order valence-electron chi connectivity index (χ1n) is 9.74. The van der Waals surface area contributed by atoms with Gasteiger partial charge in [0.15, 0.2) is 5.78 Å². The van der Waals surface area contributed by atoms with Gasteiger partial charge in [0.1, 0.15) is 0 Å². The summed E-state index contributed by atoms with van der Waals surface area (Å²) in [6.07, 6.45) is 0.469. The number of amides is 1. The number of ketones is 1. The second-order valence-corrected chi connectivity index (χ2v) is 8.94. The van der Waals surface area contributed by atoms with Crippen LogP contribution in [-0.4, -0.2) is 57.8 Å². The van der Waals surface area contributed by atoms with Crippen molar-refractivity contribution in [1.29, 1.82) is 0 Å². The first kappa shape index (κ1) is 20.9. The molecule has 0 aliphatic carbocycles. The molecule has 1 aliphatic rings. The molecule has 0 radical (unpaired) electrons. The van der Waals surface area contributed by atoms with Gasteiger partial charge in [-0.1, -0.05) is 39.3 Å². The van der Waals surface area contributed by atoms with Gasteiger partial charge in [0.25, 0.3) is 0 Å². The minimum atomic E-state index is -0.00701. The number of carbonyl (C=O) groups excluding carboxylic acids is 2. The largest absolute Gasteiger partial charge is 0.340 e. The molecule has 1 fully saturated rings. The lowest BCUT2D eigenvalue weighted by atomic mass is 10.1. The van der Waals surface area contributed by atoms with Crippen LogP contribution in [0.2, 0.25) is 0 Å². The van der Waals surface area contributed by atoms with Crippen molar-refractivity contribution < 1.29 is 14.1 Å². The number of hydrogen-bond acceptors (Lipinski definition) is 7. The average molecular weight is 489 g/mol. The van der Waals surface area contributed by atoms with E-state index in [4.69, 9.17) is 4.52 Å². The number of halogens is 1. The van der Waals surface area contributed by atoms with E-state index in [1.54, 1.807) is 23.5 Å². The second-order valence-electron chi connectivity index (χ2n) is 7.08. The van der Waals surface area contributed by atoms with Gasteiger partial charge in [-0.2, -0.15) is 4.98 Å². The van der Waals surface area contributed by atoms with Gasteiger partial charge in [-0.05, 0) is 23.6 Å². The van der Waals surface area contributed by atoms with E-state index in [-0.39, 0.29) is 24.5 Å². The number of hydrogen-bond donors (Lipinski definition) is 0. The molecule has 7 nitrogen and oxygen atoms in total. The topological polar surface area (TPSA) is 79.5 Å². The van der Waals surface area contributed by atoms with Gasteiger partial charge in [0.2, 0.25) is 17.6 Å². The molecule has 4 rings (SSSR count). The van der Waals surface area contributed by atoms with E-state index in [2.05, 4.69) is 31.0 Å². The molecule has 0 bridgehead atoms. The molecule has 0 saturated carbocycles. The summed E-state index contributed by atoms with van der Waals surface area (Å²) in [4.78, 5) is 34.2. The number of Topliss-reactive ketones (excluding diaryl/α,β-unsaturated/α-hetero) is 1. The predicted molar refractivity (Wildman–Crippen MR) is 117 cm³/mol. The van der Waals surface area contributed by atoms with Crippen LogP contribution in [0.4, 0.5) is 0 Å². The summed E-state index contributed by atoms with van der Waals surface area (Å²) in [5, 5.41) is 6.02. The van der Waals surface area contributed by atoms with Gasteiger partial charge in [-0.3, -0.25) is 14.5 Å². The normalized spacial score (nSPS) is 14.8. The second kappa shape index (κ2) is 9.63. The van der Waals surface area contributed by atoms with Crippen molar-refractivity contribution in [2.24, 2.45) is 0 Å². The summed E-state index contributed by atoms with van der Waals surface area (Å²) in [7, 11) is 0. The number of aromatic nitrogens is 2. The smallest absolute Gasteiger partial charge is 0.241 e. The van der Waals surface area contributed by atoms with E-state index < -0.39 is 0 Å². The molecular formula is C21H21BrN4O3S. The van der Waals surface area contributed by atoms with Crippen molar-refractivity contribution in [2.75, 3.05) is 26.2 Å². The van der Waals surface area contributed by atoms with Crippen LogP contribution >= 0.6 is 27.3 Å². The Morgan fingerprint density at radius 2 is 1.83 bits per heavy atom. The van der Waals surface area contributed by atoms with Crippen LogP contribution in [0.3, 0.4) is 0 Å².